The highest BCUT2D eigenvalue weighted by Crippen LogP contribution is 2.56. The molecule has 1 rings (SSSR count). The lowest BCUT2D eigenvalue weighted by Crippen LogP contribution is -2.50. The van der Waals surface area contributed by atoms with Gasteiger partial charge in [0.25, 0.3) is 0 Å². The minimum Gasteiger partial charge on any atom is -0.481 e. The van der Waals surface area contributed by atoms with Crippen LogP contribution < -0.4 is 0 Å². The molecule has 0 bridgehead atoms. The van der Waals surface area contributed by atoms with Gasteiger partial charge in [-0.25, -0.2) is 0 Å². The number of aliphatic hydroxyl groups excluding tert-OH is 2. The van der Waals surface area contributed by atoms with Crippen molar-refractivity contribution in [3.8, 4) is 0 Å². The maximum Gasteiger partial charge on any atom is 0.306 e. The molecular weight excluding hydrogens is 384 g/mol. The molecule has 0 radical (unpaired) electrons. The lowest BCUT2D eigenvalue weighted by molar-refractivity contribution is -0.143. The van der Waals surface area contributed by atoms with Crippen LogP contribution in [0.3, 0.4) is 0 Å². The Labute approximate surface area is 182 Å². The maximum atomic E-state index is 11.3. The summed E-state index contributed by atoms with van der Waals surface area (Å²) in [7, 11) is 0. The van der Waals surface area contributed by atoms with E-state index in [1.165, 1.54) is 0 Å². The summed E-state index contributed by atoms with van der Waals surface area (Å²) in [5.41, 5.74) is -0.635. The summed E-state index contributed by atoms with van der Waals surface area (Å²) in [6.07, 6.45) is 11.8. The average molecular weight is 429 g/mol. The molecule has 1 fully saturated rings. The highest BCUT2D eigenvalue weighted by atomic mass is 16.4. The maximum absolute atomic E-state index is 11.3. The molecule has 2 atom stereocenters. The molecule has 0 aliphatic heterocycles. The summed E-state index contributed by atoms with van der Waals surface area (Å²) in [5.74, 6) is -2.05. The van der Waals surface area contributed by atoms with Gasteiger partial charge in [-0.15, -0.1) is 0 Å². The molecule has 0 aromatic rings. The van der Waals surface area contributed by atoms with Gasteiger partial charge < -0.3 is 20.4 Å². The van der Waals surface area contributed by atoms with Crippen LogP contribution in [0.15, 0.2) is 0 Å². The van der Waals surface area contributed by atoms with Crippen LogP contribution in [0.4, 0.5) is 0 Å². The second-order valence-corrected chi connectivity index (χ2v) is 9.46. The van der Waals surface area contributed by atoms with Gasteiger partial charge in [-0.3, -0.25) is 9.59 Å². The molecule has 0 aromatic heterocycles. The van der Waals surface area contributed by atoms with Crippen LogP contribution in [0.25, 0.3) is 0 Å². The van der Waals surface area contributed by atoms with Crippen molar-refractivity contribution in [1.29, 1.82) is 0 Å². The summed E-state index contributed by atoms with van der Waals surface area (Å²) in [6, 6.07) is 0. The molecule has 30 heavy (non-hydrogen) atoms. The number of hydrogen-bond acceptors (Lipinski definition) is 4. The average Bonchev–Trinajstić information content (AvgIpc) is 2.73. The minimum atomic E-state index is -0.728. The van der Waals surface area contributed by atoms with Crippen molar-refractivity contribution in [1.82, 2.24) is 0 Å². The SMILES string of the molecule is CCC(CCCCC1(CCCCC(CC)C(=O)O)CCCCC1(CO)CO)C(=O)O. The van der Waals surface area contributed by atoms with Crippen LogP contribution in [0.5, 0.6) is 0 Å². The van der Waals surface area contributed by atoms with Gasteiger partial charge >= 0.3 is 11.9 Å². The molecule has 2 unspecified atom stereocenters. The quantitative estimate of drug-likeness (QED) is 0.261. The Kier molecular flexibility index (Phi) is 11.9. The number of carboxylic acids is 2. The second-order valence-electron chi connectivity index (χ2n) is 9.46. The summed E-state index contributed by atoms with van der Waals surface area (Å²) < 4.78 is 0. The van der Waals surface area contributed by atoms with E-state index >= 15 is 0 Å². The van der Waals surface area contributed by atoms with E-state index in [1.54, 1.807) is 0 Å². The van der Waals surface area contributed by atoms with Crippen LogP contribution in [-0.4, -0.2) is 45.6 Å². The molecular formula is C24H44O6. The molecule has 176 valence electrons. The molecule has 1 saturated carbocycles. The summed E-state index contributed by atoms with van der Waals surface area (Å²) in [5, 5.41) is 39.1. The monoisotopic (exact) mass is 428 g/mol. The van der Waals surface area contributed by atoms with E-state index in [0.717, 1.165) is 64.2 Å². The van der Waals surface area contributed by atoms with Crippen molar-refractivity contribution in [3.05, 3.63) is 0 Å². The van der Waals surface area contributed by atoms with Crippen molar-refractivity contribution in [3.63, 3.8) is 0 Å². The molecule has 6 nitrogen and oxygen atoms in total. The van der Waals surface area contributed by atoms with Gasteiger partial charge in [0.15, 0.2) is 0 Å². The highest BCUT2D eigenvalue weighted by Gasteiger charge is 2.50. The normalized spacial score (nSPS) is 23.1. The number of hydrogen-bond donors (Lipinski definition) is 4. The van der Waals surface area contributed by atoms with E-state index < -0.39 is 17.4 Å². The van der Waals surface area contributed by atoms with Crippen molar-refractivity contribution in [2.24, 2.45) is 22.7 Å². The Balaban J connectivity index is 2.79. The summed E-state index contributed by atoms with van der Waals surface area (Å²) in [6.45, 7) is 3.77. The predicted molar refractivity (Wildman–Crippen MR) is 117 cm³/mol. The Hall–Kier alpha value is -1.14. The molecule has 0 saturated heterocycles. The van der Waals surface area contributed by atoms with Gasteiger partial charge in [0.1, 0.15) is 0 Å². The fourth-order valence-corrected chi connectivity index (χ4v) is 5.62. The first kappa shape index (κ1) is 26.9. The van der Waals surface area contributed by atoms with Crippen molar-refractivity contribution in [2.75, 3.05) is 13.2 Å². The fraction of sp³-hybridized carbons (Fsp3) is 0.917. The van der Waals surface area contributed by atoms with Crippen LogP contribution in [-0.2, 0) is 9.59 Å². The smallest absolute Gasteiger partial charge is 0.306 e. The van der Waals surface area contributed by atoms with Crippen molar-refractivity contribution < 1.29 is 30.0 Å². The number of carbonyl (C=O) groups is 2. The van der Waals surface area contributed by atoms with E-state index in [0.29, 0.717) is 25.7 Å². The van der Waals surface area contributed by atoms with Gasteiger partial charge in [-0.1, -0.05) is 52.4 Å². The number of aliphatic carboxylic acids is 2. The standard InChI is InChI=1S/C24H44O6/c1-3-19(21(27)28)11-5-7-13-23(14-8-6-12-20(4-2)22(29)30)15-9-10-16-24(23,17-25)18-26/h19-20,25-26H,3-18H2,1-2H3,(H,27,28)(H,29,30). The first-order chi connectivity index (χ1) is 14.3. The van der Waals surface area contributed by atoms with Crippen molar-refractivity contribution in [2.45, 2.75) is 104 Å². The van der Waals surface area contributed by atoms with E-state index in [9.17, 15) is 30.0 Å². The van der Waals surface area contributed by atoms with Crippen molar-refractivity contribution >= 4 is 11.9 Å². The van der Waals surface area contributed by atoms with Gasteiger partial charge in [0.2, 0.25) is 0 Å². The molecule has 0 amide bonds. The summed E-state index contributed by atoms with van der Waals surface area (Å²) in [4.78, 5) is 22.6. The number of unbranched alkanes of at least 4 members (excludes halogenated alkanes) is 2. The third-order valence-electron chi connectivity index (χ3n) is 7.89. The molecule has 1 aliphatic carbocycles. The van der Waals surface area contributed by atoms with Gasteiger partial charge in [-0.2, -0.15) is 0 Å². The van der Waals surface area contributed by atoms with E-state index in [4.69, 9.17) is 0 Å². The van der Waals surface area contributed by atoms with Crippen LogP contribution in [0.1, 0.15) is 104 Å². The molecule has 0 heterocycles. The molecule has 1 aliphatic rings. The van der Waals surface area contributed by atoms with Gasteiger partial charge in [0, 0.05) is 5.41 Å². The Morgan fingerprint density at radius 2 is 1.13 bits per heavy atom. The summed E-state index contributed by atoms with van der Waals surface area (Å²) >= 11 is 0. The number of carboxylic acid groups (broad SMARTS) is 2. The third-order valence-corrected chi connectivity index (χ3v) is 7.89. The Bertz CT molecular complexity index is 484. The van der Waals surface area contributed by atoms with Crippen LogP contribution in [0.2, 0.25) is 0 Å². The highest BCUT2D eigenvalue weighted by molar-refractivity contribution is 5.70. The largest absolute Gasteiger partial charge is 0.481 e. The number of rotatable bonds is 16. The lowest BCUT2D eigenvalue weighted by Gasteiger charge is -2.53. The molecule has 6 heteroatoms. The fourth-order valence-electron chi connectivity index (χ4n) is 5.62. The molecule has 0 spiro atoms. The molecule has 0 aromatic carbocycles. The topological polar surface area (TPSA) is 115 Å². The van der Waals surface area contributed by atoms with Gasteiger partial charge in [-0.05, 0) is 56.8 Å². The van der Waals surface area contributed by atoms with Crippen LogP contribution >= 0.6 is 0 Å². The van der Waals surface area contributed by atoms with Gasteiger partial charge in [0.05, 0.1) is 25.0 Å². The zero-order valence-electron chi connectivity index (χ0n) is 19.1. The Morgan fingerprint density at radius 3 is 1.47 bits per heavy atom. The third kappa shape index (κ3) is 6.94. The van der Waals surface area contributed by atoms with E-state index in [1.807, 2.05) is 13.8 Å². The zero-order valence-corrected chi connectivity index (χ0v) is 19.1. The Morgan fingerprint density at radius 1 is 0.733 bits per heavy atom. The predicted octanol–water partition coefficient (Wildman–Crippen LogP) is 4.86. The number of aliphatic hydroxyl groups is 2. The second kappa shape index (κ2) is 13.3. The first-order valence-corrected chi connectivity index (χ1v) is 12.0. The molecule has 4 N–H and O–H groups in total. The minimum absolute atomic E-state index is 0.0249. The lowest BCUT2D eigenvalue weighted by atomic mass is 9.53. The van der Waals surface area contributed by atoms with E-state index in [2.05, 4.69) is 0 Å². The van der Waals surface area contributed by atoms with E-state index in [-0.39, 0.29) is 30.5 Å². The zero-order chi connectivity index (χ0) is 22.6. The first-order valence-electron chi connectivity index (χ1n) is 12.0. The van der Waals surface area contributed by atoms with Crippen LogP contribution in [0, 0.1) is 22.7 Å².